The van der Waals surface area contributed by atoms with Crippen molar-refractivity contribution in [1.82, 2.24) is 0 Å². The van der Waals surface area contributed by atoms with Crippen LogP contribution in [0, 0.1) is 17.3 Å². The van der Waals surface area contributed by atoms with Crippen molar-refractivity contribution in [3.63, 3.8) is 0 Å². The van der Waals surface area contributed by atoms with Crippen LogP contribution in [-0.4, -0.2) is 36.5 Å². The van der Waals surface area contributed by atoms with Crippen LogP contribution in [0.1, 0.15) is 32.6 Å². The van der Waals surface area contributed by atoms with Gasteiger partial charge in [0.25, 0.3) is 0 Å². The highest BCUT2D eigenvalue weighted by molar-refractivity contribution is 7.95. The lowest BCUT2D eigenvalue weighted by Crippen LogP contribution is -2.51. The number of alkyl halides is 2. The van der Waals surface area contributed by atoms with Gasteiger partial charge in [0.1, 0.15) is 5.41 Å². The zero-order valence-electron chi connectivity index (χ0n) is 16.2. The van der Waals surface area contributed by atoms with Crippen molar-refractivity contribution >= 4 is 21.8 Å². The first-order chi connectivity index (χ1) is 13.9. The molecule has 0 heterocycles. The van der Waals surface area contributed by atoms with Crippen LogP contribution in [0.4, 0.5) is 8.78 Å². The molecule has 1 fully saturated rings. The molecule has 2 N–H and O–H groups in total. The molecule has 1 aromatic carbocycles. The van der Waals surface area contributed by atoms with E-state index in [4.69, 9.17) is 0 Å². The monoisotopic (exact) mass is 440 g/mol. The summed E-state index contributed by atoms with van der Waals surface area (Å²) >= 11 is 0. The molecule has 2 atom stereocenters. The van der Waals surface area contributed by atoms with Crippen LogP contribution in [0.15, 0.2) is 57.9 Å². The van der Waals surface area contributed by atoms with Gasteiger partial charge >= 0.3 is 11.9 Å². The van der Waals surface area contributed by atoms with Gasteiger partial charge < -0.3 is 10.2 Å². The fraction of sp³-hybridized carbons (Fsp3) is 0.429. The number of carbonyl (C=O) groups is 2. The third-order valence-electron chi connectivity index (χ3n) is 6.28. The summed E-state index contributed by atoms with van der Waals surface area (Å²) < 4.78 is 54.5. The van der Waals surface area contributed by atoms with Crippen LogP contribution < -0.4 is 0 Å². The first kappa shape index (κ1) is 22.1. The molecule has 2 aliphatic carbocycles. The van der Waals surface area contributed by atoms with Crippen LogP contribution in [0.2, 0.25) is 0 Å². The summed E-state index contributed by atoms with van der Waals surface area (Å²) in [5, 5.41) is 19.9. The molecule has 0 radical (unpaired) electrons. The minimum Gasteiger partial charge on any atom is -0.481 e. The van der Waals surface area contributed by atoms with E-state index in [1.807, 2.05) is 0 Å². The van der Waals surface area contributed by atoms with Gasteiger partial charge in [-0.25, -0.2) is 22.0 Å². The van der Waals surface area contributed by atoms with E-state index in [-0.39, 0.29) is 23.3 Å². The molecular formula is C21H22F2O6S. The number of hydrogen-bond acceptors (Lipinski definition) is 4. The van der Waals surface area contributed by atoms with Crippen molar-refractivity contribution in [2.45, 2.75) is 43.4 Å². The third-order valence-corrected chi connectivity index (χ3v) is 8.22. The van der Waals surface area contributed by atoms with E-state index in [9.17, 15) is 37.0 Å². The Labute approximate surface area is 172 Å². The normalized spacial score (nSPS) is 27.1. The lowest BCUT2D eigenvalue weighted by atomic mass is 9.58. The first-order valence-corrected chi connectivity index (χ1v) is 11.0. The minimum absolute atomic E-state index is 0.137. The maximum absolute atomic E-state index is 13.8. The Kier molecular flexibility index (Phi) is 5.62. The maximum atomic E-state index is 13.8. The summed E-state index contributed by atoms with van der Waals surface area (Å²) in [7, 11) is -4.32. The molecule has 0 aromatic heterocycles. The summed E-state index contributed by atoms with van der Waals surface area (Å²) in [6, 6.07) is 7.22. The van der Waals surface area contributed by atoms with Crippen LogP contribution in [0.5, 0.6) is 0 Å². The number of sulfone groups is 1. The Balaban J connectivity index is 2.25. The second-order valence-electron chi connectivity index (χ2n) is 7.80. The summed E-state index contributed by atoms with van der Waals surface area (Å²) in [6.45, 7) is 1.34. The number of rotatable bonds is 5. The summed E-state index contributed by atoms with van der Waals surface area (Å²) in [5.74, 6) is -8.05. The van der Waals surface area contributed by atoms with Gasteiger partial charge in [-0.2, -0.15) is 0 Å². The number of carboxylic acid groups (broad SMARTS) is 2. The van der Waals surface area contributed by atoms with Crippen molar-refractivity contribution in [2.24, 2.45) is 17.3 Å². The van der Waals surface area contributed by atoms with Gasteiger partial charge in [-0.15, -0.1) is 0 Å². The smallest absolute Gasteiger partial charge is 0.331 e. The predicted octanol–water partition coefficient (Wildman–Crippen LogP) is 3.90. The molecule has 3 rings (SSSR count). The number of hydrogen-bond donors (Lipinski definition) is 2. The van der Waals surface area contributed by atoms with E-state index in [1.54, 1.807) is 6.07 Å². The zero-order valence-corrected chi connectivity index (χ0v) is 17.0. The Hall–Kier alpha value is -2.55. The molecule has 0 spiro atoms. The van der Waals surface area contributed by atoms with Gasteiger partial charge in [0.05, 0.1) is 9.80 Å². The van der Waals surface area contributed by atoms with Gasteiger partial charge in [-0.1, -0.05) is 31.2 Å². The third kappa shape index (κ3) is 3.45. The standard InChI is InChI=1S/C21H22F2O6S/c1-13-16(18(24)25)7-8-17(30(28,29)15-5-3-2-4-6-15)21(13,19(26)27)14-9-11-20(22,23)12-10-14/h2-8,13-14H,9-12H2,1H3,(H,24,25)(H,26,27). The van der Waals surface area contributed by atoms with E-state index < -0.39 is 62.7 Å². The Morgan fingerprint density at radius 3 is 2.10 bits per heavy atom. The van der Waals surface area contributed by atoms with Crippen molar-refractivity contribution in [2.75, 3.05) is 0 Å². The van der Waals surface area contributed by atoms with Crippen molar-refractivity contribution in [3.8, 4) is 0 Å². The SMILES string of the molecule is CC1C(C(=O)O)=CC=C(S(=O)(=O)c2ccccc2)C1(C(=O)O)C1CCC(F)(F)CC1. The lowest BCUT2D eigenvalue weighted by Gasteiger charge is -2.47. The Morgan fingerprint density at radius 2 is 1.60 bits per heavy atom. The van der Waals surface area contributed by atoms with Gasteiger partial charge in [0, 0.05) is 24.3 Å². The number of carboxylic acids is 2. The van der Waals surface area contributed by atoms with Crippen molar-refractivity contribution in [1.29, 1.82) is 0 Å². The highest BCUT2D eigenvalue weighted by atomic mass is 32.2. The number of benzene rings is 1. The van der Waals surface area contributed by atoms with E-state index in [1.165, 1.54) is 31.2 Å². The van der Waals surface area contributed by atoms with Crippen molar-refractivity contribution in [3.05, 3.63) is 53.0 Å². The van der Waals surface area contributed by atoms with Gasteiger partial charge in [-0.05, 0) is 37.0 Å². The van der Waals surface area contributed by atoms with Gasteiger partial charge in [-0.3, -0.25) is 4.79 Å². The van der Waals surface area contributed by atoms with E-state index in [0.29, 0.717) is 0 Å². The topological polar surface area (TPSA) is 109 Å². The van der Waals surface area contributed by atoms with Crippen LogP contribution in [0.3, 0.4) is 0 Å². The fourth-order valence-electron chi connectivity index (χ4n) is 4.72. The molecule has 1 aromatic rings. The van der Waals surface area contributed by atoms with Gasteiger partial charge in [0.2, 0.25) is 15.8 Å². The molecule has 162 valence electrons. The molecule has 2 unspecified atom stereocenters. The van der Waals surface area contributed by atoms with Crippen LogP contribution >= 0.6 is 0 Å². The quantitative estimate of drug-likeness (QED) is 0.719. The molecule has 0 aliphatic heterocycles. The Bertz CT molecular complexity index is 1020. The molecule has 0 saturated heterocycles. The average molecular weight is 440 g/mol. The van der Waals surface area contributed by atoms with E-state index in [2.05, 4.69) is 0 Å². The van der Waals surface area contributed by atoms with E-state index in [0.717, 1.165) is 12.2 Å². The lowest BCUT2D eigenvalue weighted by molar-refractivity contribution is -0.156. The fourth-order valence-corrected chi connectivity index (χ4v) is 6.61. The molecule has 0 bridgehead atoms. The maximum Gasteiger partial charge on any atom is 0.331 e. The van der Waals surface area contributed by atoms with Crippen LogP contribution in [-0.2, 0) is 19.4 Å². The summed E-state index contributed by atoms with van der Waals surface area (Å²) in [5.41, 5.74) is -2.42. The minimum atomic E-state index is -4.32. The largest absolute Gasteiger partial charge is 0.481 e. The zero-order chi connectivity index (χ0) is 22.3. The van der Waals surface area contributed by atoms with Crippen LogP contribution in [0.25, 0.3) is 0 Å². The molecule has 9 heteroatoms. The highest BCUT2D eigenvalue weighted by Crippen LogP contribution is 2.56. The molecule has 30 heavy (non-hydrogen) atoms. The predicted molar refractivity (Wildman–Crippen MR) is 104 cm³/mol. The molecule has 1 saturated carbocycles. The Morgan fingerprint density at radius 1 is 1.03 bits per heavy atom. The summed E-state index contributed by atoms with van der Waals surface area (Å²) in [4.78, 5) is 23.8. The first-order valence-electron chi connectivity index (χ1n) is 9.51. The number of aliphatic carboxylic acids is 2. The average Bonchev–Trinajstić information content (AvgIpc) is 2.68. The number of allylic oxidation sites excluding steroid dienone is 2. The second kappa shape index (κ2) is 7.61. The van der Waals surface area contributed by atoms with E-state index >= 15 is 0 Å². The van der Waals surface area contributed by atoms with Crippen molar-refractivity contribution < 1.29 is 37.0 Å². The summed E-state index contributed by atoms with van der Waals surface area (Å²) in [6.07, 6.45) is 0.513. The molecule has 0 amide bonds. The molecular weight excluding hydrogens is 418 g/mol. The molecule has 6 nitrogen and oxygen atoms in total. The molecule has 2 aliphatic rings. The number of halogens is 2. The second-order valence-corrected chi connectivity index (χ2v) is 9.72. The van der Waals surface area contributed by atoms with Gasteiger partial charge in [0.15, 0.2) is 0 Å². The highest BCUT2D eigenvalue weighted by Gasteiger charge is 2.60.